The van der Waals surface area contributed by atoms with Gasteiger partial charge in [-0.25, -0.2) is 4.79 Å². The molecular formula is C14H22N2O4. The van der Waals surface area contributed by atoms with Crippen LogP contribution < -0.4 is 10.6 Å². The first kappa shape index (κ1) is 14.8. The molecule has 2 rings (SSSR count). The van der Waals surface area contributed by atoms with Crippen LogP contribution in [0.1, 0.15) is 53.4 Å². The van der Waals surface area contributed by atoms with E-state index < -0.39 is 17.2 Å². The number of nitrogens with one attached hydrogen (secondary N) is 2. The van der Waals surface area contributed by atoms with E-state index in [0.29, 0.717) is 0 Å². The van der Waals surface area contributed by atoms with Gasteiger partial charge in [-0.1, -0.05) is 6.92 Å². The van der Waals surface area contributed by atoms with Crippen LogP contribution in [-0.2, 0) is 14.3 Å². The predicted molar refractivity (Wildman–Crippen MR) is 71.8 cm³/mol. The fraction of sp³-hybridized carbons (Fsp3) is 0.786. The van der Waals surface area contributed by atoms with E-state index in [9.17, 15) is 14.4 Å². The Morgan fingerprint density at radius 2 is 1.90 bits per heavy atom. The van der Waals surface area contributed by atoms with Crippen molar-refractivity contribution in [1.29, 1.82) is 0 Å². The highest BCUT2D eigenvalue weighted by molar-refractivity contribution is 6.08. The van der Waals surface area contributed by atoms with Crippen LogP contribution >= 0.6 is 0 Å². The second kappa shape index (κ2) is 4.46. The fourth-order valence-electron chi connectivity index (χ4n) is 2.69. The molecule has 112 valence electrons. The van der Waals surface area contributed by atoms with Gasteiger partial charge >= 0.3 is 12.0 Å². The van der Waals surface area contributed by atoms with Crippen molar-refractivity contribution in [3.63, 3.8) is 0 Å². The maximum Gasteiger partial charge on any atom is 0.322 e. The standard InChI is InChI=1S/C14H22N2O4/c1-12(2,3)20-9(17)5-6-14(13(4)7-8-13)10(18)15-11(19)16-14/h5-8H2,1-4H3,(H2,15,16,18,19). The molecule has 6 nitrogen and oxygen atoms in total. The minimum absolute atomic E-state index is 0.112. The van der Waals surface area contributed by atoms with Crippen molar-refractivity contribution in [1.82, 2.24) is 10.6 Å². The summed E-state index contributed by atoms with van der Waals surface area (Å²) in [6, 6.07) is -0.479. The molecule has 0 bridgehead atoms. The zero-order chi connectivity index (χ0) is 15.2. The number of ether oxygens (including phenoxy) is 1. The van der Waals surface area contributed by atoms with Crippen molar-refractivity contribution in [2.24, 2.45) is 5.41 Å². The molecule has 2 aliphatic rings. The normalized spacial score (nSPS) is 27.8. The Morgan fingerprint density at radius 3 is 2.30 bits per heavy atom. The third-order valence-corrected chi connectivity index (χ3v) is 4.10. The lowest BCUT2D eigenvalue weighted by molar-refractivity contribution is -0.155. The summed E-state index contributed by atoms with van der Waals surface area (Å²) in [6.07, 6.45) is 2.13. The van der Waals surface area contributed by atoms with Crippen LogP contribution in [0.4, 0.5) is 4.79 Å². The average molecular weight is 282 g/mol. The van der Waals surface area contributed by atoms with Gasteiger partial charge in [-0.3, -0.25) is 14.9 Å². The van der Waals surface area contributed by atoms with Crippen molar-refractivity contribution in [2.75, 3.05) is 0 Å². The summed E-state index contributed by atoms with van der Waals surface area (Å²) in [6.45, 7) is 7.36. The summed E-state index contributed by atoms with van der Waals surface area (Å²) in [7, 11) is 0. The third kappa shape index (κ3) is 2.64. The lowest BCUT2D eigenvalue weighted by atomic mass is 9.78. The van der Waals surface area contributed by atoms with Gasteiger partial charge in [0, 0.05) is 6.42 Å². The smallest absolute Gasteiger partial charge is 0.322 e. The molecule has 1 unspecified atom stereocenters. The highest BCUT2D eigenvalue weighted by Crippen LogP contribution is 2.56. The van der Waals surface area contributed by atoms with E-state index in [1.54, 1.807) is 20.8 Å². The van der Waals surface area contributed by atoms with Gasteiger partial charge in [-0.2, -0.15) is 0 Å². The number of hydrogen-bond acceptors (Lipinski definition) is 4. The second-order valence-electron chi connectivity index (χ2n) is 6.96. The molecule has 1 saturated heterocycles. The molecule has 0 aromatic heterocycles. The largest absolute Gasteiger partial charge is 0.460 e. The van der Waals surface area contributed by atoms with Gasteiger partial charge in [0.25, 0.3) is 5.91 Å². The predicted octanol–water partition coefficient (Wildman–Crippen LogP) is 1.49. The molecule has 1 aliphatic heterocycles. The van der Waals surface area contributed by atoms with Gasteiger partial charge in [0.2, 0.25) is 0 Å². The maximum atomic E-state index is 12.1. The number of carbonyl (C=O) groups excluding carboxylic acids is 3. The van der Waals surface area contributed by atoms with E-state index in [4.69, 9.17) is 4.74 Å². The topological polar surface area (TPSA) is 84.5 Å². The Kier molecular flexibility index (Phi) is 3.31. The third-order valence-electron chi connectivity index (χ3n) is 4.10. The van der Waals surface area contributed by atoms with E-state index in [1.807, 2.05) is 6.92 Å². The van der Waals surface area contributed by atoms with Gasteiger partial charge in [0.05, 0.1) is 0 Å². The van der Waals surface area contributed by atoms with Crippen LogP contribution in [0.2, 0.25) is 0 Å². The maximum absolute atomic E-state index is 12.1. The summed E-state index contributed by atoms with van der Waals surface area (Å²) in [4.78, 5) is 35.4. The zero-order valence-electron chi connectivity index (χ0n) is 12.5. The Hall–Kier alpha value is -1.59. The highest BCUT2D eigenvalue weighted by atomic mass is 16.6. The number of imide groups is 1. The van der Waals surface area contributed by atoms with E-state index in [1.165, 1.54) is 0 Å². The molecular weight excluding hydrogens is 260 g/mol. The summed E-state index contributed by atoms with van der Waals surface area (Å²) in [5.74, 6) is -0.680. The molecule has 0 aromatic rings. The Bertz CT molecular complexity index is 462. The molecule has 0 spiro atoms. The zero-order valence-corrected chi connectivity index (χ0v) is 12.5. The second-order valence-corrected chi connectivity index (χ2v) is 6.96. The van der Waals surface area contributed by atoms with Crippen LogP contribution in [0.3, 0.4) is 0 Å². The molecule has 2 fully saturated rings. The monoisotopic (exact) mass is 282 g/mol. The molecule has 3 amide bonds. The van der Waals surface area contributed by atoms with Crippen molar-refractivity contribution >= 4 is 17.9 Å². The number of carbonyl (C=O) groups is 3. The van der Waals surface area contributed by atoms with Crippen LogP contribution in [0.15, 0.2) is 0 Å². The van der Waals surface area contributed by atoms with E-state index >= 15 is 0 Å². The van der Waals surface area contributed by atoms with Crippen LogP contribution in [0.25, 0.3) is 0 Å². The lowest BCUT2D eigenvalue weighted by Crippen LogP contribution is -2.54. The molecule has 0 aromatic carbocycles. The first-order chi connectivity index (χ1) is 9.08. The lowest BCUT2D eigenvalue weighted by Gasteiger charge is -2.32. The van der Waals surface area contributed by atoms with E-state index in [2.05, 4.69) is 10.6 Å². The quantitative estimate of drug-likeness (QED) is 0.604. The van der Waals surface area contributed by atoms with Gasteiger partial charge in [-0.05, 0) is 45.4 Å². The van der Waals surface area contributed by atoms with Crippen LogP contribution in [0, 0.1) is 5.41 Å². The van der Waals surface area contributed by atoms with Gasteiger partial charge in [0.15, 0.2) is 0 Å². The fourth-order valence-corrected chi connectivity index (χ4v) is 2.69. The summed E-state index contributed by atoms with van der Waals surface area (Å²) < 4.78 is 5.25. The van der Waals surface area contributed by atoms with Crippen LogP contribution in [-0.4, -0.2) is 29.0 Å². The number of urea groups is 1. The molecule has 2 N–H and O–H groups in total. The Morgan fingerprint density at radius 1 is 1.30 bits per heavy atom. The Labute approximate surface area is 118 Å². The number of hydrogen-bond donors (Lipinski definition) is 2. The van der Waals surface area contributed by atoms with Crippen molar-refractivity contribution in [3.8, 4) is 0 Å². The van der Waals surface area contributed by atoms with Crippen molar-refractivity contribution in [2.45, 2.75) is 64.5 Å². The van der Waals surface area contributed by atoms with Gasteiger partial charge in [0.1, 0.15) is 11.1 Å². The number of esters is 1. The molecule has 1 atom stereocenters. The first-order valence-electron chi connectivity index (χ1n) is 6.93. The summed E-state index contributed by atoms with van der Waals surface area (Å²) >= 11 is 0. The minimum Gasteiger partial charge on any atom is -0.460 e. The molecule has 20 heavy (non-hydrogen) atoms. The molecule has 1 saturated carbocycles. The van der Waals surface area contributed by atoms with E-state index in [0.717, 1.165) is 12.8 Å². The van der Waals surface area contributed by atoms with E-state index in [-0.39, 0.29) is 30.1 Å². The van der Waals surface area contributed by atoms with Gasteiger partial charge in [-0.15, -0.1) is 0 Å². The molecule has 1 heterocycles. The van der Waals surface area contributed by atoms with Gasteiger partial charge < -0.3 is 10.1 Å². The Balaban J connectivity index is 2.06. The highest BCUT2D eigenvalue weighted by Gasteiger charge is 2.63. The first-order valence-corrected chi connectivity index (χ1v) is 6.93. The molecule has 1 aliphatic carbocycles. The number of amides is 3. The SMILES string of the molecule is CC(C)(C)OC(=O)CCC1(C2(C)CC2)NC(=O)NC1=O. The number of rotatable bonds is 4. The molecule has 6 heteroatoms. The summed E-state index contributed by atoms with van der Waals surface area (Å²) in [5, 5.41) is 5.02. The molecule has 0 radical (unpaired) electrons. The average Bonchev–Trinajstić information content (AvgIpc) is 2.93. The van der Waals surface area contributed by atoms with Crippen molar-refractivity contribution < 1.29 is 19.1 Å². The van der Waals surface area contributed by atoms with Crippen molar-refractivity contribution in [3.05, 3.63) is 0 Å². The minimum atomic E-state index is -0.971. The summed E-state index contributed by atoms with van der Waals surface area (Å²) in [5.41, 5.74) is -1.78. The van der Waals surface area contributed by atoms with Crippen LogP contribution in [0.5, 0.6) is 0 Å².